The first-order chi connectivity index (χ1) is 12.7. The molecule has 0 aliphatic carbocycles. The first-order valence-corrected chi connectivity index (χ1v) is 9.15. The lowest BCUT2D eigenvalue weighted by Crippen LogP contribution is -2.67. The largest absolute Gasteiger partial charge is 0.373 e. The van der Waals surface area contributed by atoms with Gasteiger partial charge in [0.15, 0.2) is 0 Å². The Morgan fingerprint density at radius 2 is 2.04 bits per heavy atom. The molecular formula is C21H24N2O3. The average Bonchev–Trinajstić information content (AvgIpc) is 2.65. The molecule has 5 heteroatoms. The van der Waals surface area contributed by atoms with Crippen LogP contribution in [-0.4, -0.2) is 47.2 Å². The van der Waals surface area contributed by atoms with Crippen molar-refractivity contribution in [3.63, 3.8) is 0 Å². The Morgan fingerprint density at radius 1 is 1.27 bits per heavy atom. The summed E-state index contributed by atoms with van der Waals surface area (Å²) in [4.78, 5) is 18.6. The van der Waals surface area contributed by atoms with Crippen molar-refractivity contribution < 1.29 is 14.3 Å². The molecule has 2 saturated heterocycles. The number of carbonyl (C=O) groups is 1. The summed E-state index contributed by atoms with van der Waals surface area (Å²) in [7, 11) is 0. The van der Waals surface area contributed by atoms with Gasteiger partial charge in [-0.15, -0.1) is 0 Å². The van der Waals surface area contributed by atoms with Crippen molar-refractivity contribution in [3.05, 3.63) is 65.5 Å². The lowest BCUT2D eigenvalue weighted by atomic mass is 9.84. The van der Waals surface area contributed by atoms with Gasteiger partial charge in [0.2, 0.25) is 0 Å². The topological polar surface area (TPSA) is 51.7 Å². The van der Waals surface area contributed by atoms with Gasteiger partial charge in [-0.1, -0.05) is 18.2 Å². The fraction of sp³-hybridized carbons (Fsp3) is 0.429. The molecule has 4 rings (SSSR count). The summed E-state index contributed by atoms with van der Waals surface area (Å²) in [6.45, 7) is 4.55. The van der Waals surface area contributed by atoms with Crippen molar-refractivity contribution in [1.82, 2.24) is 9.88 Å². The molecule has 2 aliphatic heterocycles. The monoisotopic (exact) mass is 352 g/mol. The highest BCUT2D eigenvalue weighted by Gasteiger charge is 2.49. The molecular weight excluding hydrogens is 328 g/mol. The van der Waals surface area contributed by atoms with Crippen LogP contribution in [0.4, 0.5) is 0 Å². The summed E-state index contributed by atoms with van der Waals surface area (Å²) in [5.74, 6) is 0.0946. The third-order valence-electron chi connectivity index (χ3n) is 5.30. The Kier molecular flexibility index (Phi) is 4.74. The number of benzene rings is 1. The van der Waals surface area contributed by atoms with Gasteiger partial charge >= 0.3 is 0 Å². The Morgan fingerprint density at radius 3 is 2.81 bits per heavy atom. The van der Waals surface area contributed by atoms with E-state index in [1.807, 2.05) is 48.2 Å². The van der Waals surface area contributed by atoms with Gasteiger partial charge in [0.1, 0.15) is 5.60 Å². The Balaban J connectivity index is 1.33. The number of carbonyl (C=O) groups excluding carboxylic acids is 1. The maximum absolute atomic E-state index is 12.7. The summed E-state index contributed by atoms with van der Waals surface area (Å²) in [6, 6.07) is 11.7. The molecule has 136 valence electrons. The number of aromatic nitrogens is 1. The van der Waals surface area contributed by atoms with Crippen molar-refractivity contribution in [1.29, 1.82) is 0 Å². The van der Waals surface area contributed by atoms with Gasteiger partial charge in [-0.3, -0.25) is 9.78 Å². The minimum absolute atomic E-state index is 0.0946. The number of hydrogen-bond acceptors (Lipinski definition) is 4. The molecule has 2 aliphatic rings. The fourth-order valence-corrected chi connectivity index (χ4v) is 3.81. The van der Waals surface area contributed by atoms with Gasteiger partial charge < -0.3 is 14.4 Å². The zero-order valence-corrected chi connectivity index (χ0v) is 15.1. The third kappa shape index (κ3) is 3.50. The van der Waals surface area contributed by atoms with Crippen LogP contribution in [0.25, 0.3) is 0 Å². The highest BCUT2D eigenvalue weighted by molar-refractivity contribution is 5.96. The van der Waals surface area contributed by atoms with E-state index in [-0.39, 0.29) is 17.6 Å². The van der Waals surface area contributed by atoms with Crippen LogP contribution >= 0.6 is 0 Å². The van der Waals surface area contributed by atoms with Crippen LogP contribution in [0, 0.1) is 6.92 Å². The van der Waals surface area contributed by atoms with Crippen LogP contribution < -0.4 is 0 Å². The molecule has 1 atom stereocenters. The van der Waals surface area contributed by atoms with E-state index in [2.05, 4.69) is 4.98 Å². The van der Waals surface area contributed by atoms with Crippen molar-refractivity contribution >= 4 is 5.91 Å². The van der Waals surface area contributed by atoms with Crippen LogP contribution in [0.1, 0.15) is 34.3 Å². The van der Waals surface area contributed by atoms with E-state index in [1.54, 1.807) is 12.4 Å². The molecule has 1 aromatic carbocycles. The van der Waals surface area contributed by atoms with Gasteiger partial charge in [0, 0.05) is 31.0 Å². The van der Waals surface area contributed by atoms with E-state index < -0.39 is 0 Å². The predicted molar refractivity (Wildman–Crippen MR) is 97.8 cm³/mol. The molecule has 0 N–H and O–H groups in total. The fourth-order valence-electron chi connectivity index (χ4n) is 3.81. The van der Waals surface area contributed by atoms with E-state index >= 15 is 0 Å². The molecule has 2 aromatic rings. The number of hydrogen-bond donors (Lipinski definition) is 0. The zero-order chi connectivity index (χ0) is 18.0. The van der Waals surface area contributed by atoms with Gasteiger partial charge in [-0.25, -0.2) is 0 Å². The number of aryl methyl sites for hydroxylation is 1. The van der Waals surface area contributed by atoms with Crippen molar-refractivity contribution in [2.24, 2.45) is 0 Å². The van der Waals surface area contributed by atoms with Crippen LogP contribution in [0.5, 0.6) is 0 Å². The van der Waals surface area contributed by atoms with E-state index in [9.17, 15) is 4.79 Å². The van der Waals surface area contributed by atoms with Crippen molar-refractivity contribution in [2.45, 2.75) is 38.1 Å². The average molecular weight is 352 g/mol. The van der Waals surface area contributed by atoms with E-state index in [4.69, 9.17) is 9.47 Å². The minimum Gasteiger partial charge on any atom is -0.373 e. The highest BCUT2D eigenvalue weighted by Crippen LogP contribution is 2.36. The van der Waals surface area contributed by atoms with Gasteiger partial charge in [0.05, 0.1) is 25.8 Å². The van der Waals surface area contributed by atoms with Crippen LogP contribution in [-0.2, 0) is 16.1 Å². The van der Waals surface area contributed by atoms with Crippen LogP contribution in [0.15, 0.2) is 48.8 Å². The van der Waals surface area contributed by atoms with Crippen LogP contribution in [0.2, 0.25) is 0 Å². The molecule has 0 saturated carbocycles. The molecule has 26 heavy (non-hydrogen) atoms. The number of amides is 1. The van der Waals surface area contributed by atoms with E-state index in [0.29, 0.717) is 26.3 Å². The lowest BCUT2D eigenvalue weighted by Gasteiger charge is -2.53. The molecule has 2 fully saturated rings. The second kappa shape index (κ2) is 7.17. The summed E-state index contributed by atoms with van der Waals surface area (Å²) >= 11 is 0. The molecule has 1 amide bonds. The van der Waals surface area contributed by atoms with E-state index in [0.717, 1.165) is 29.5 Å². The SMILES string of the molecule is Cc1ccccc1C(=O)N1CC2(CC(OCc3ccncc3)CCO2)C1. The molecule has 0 radical (unpaired) electrons. The Bertz CT molecular complexity index is 772. The highest BCUT2D eigenvalue weighted by atomic mass is 16.5. The summed E-state index contributed by atoms with van der Waals surface area (Å²) in [6.07, 6.45) is 5.48. The van der Waals surface area contributed by atoms with E-state index in [1.165, 1.54) is 0 Å². The van der Waals surface area contributed by atoms with Crippen molar-refractivity contribution in [2.75, 3.05) is 19.7 Å². The molecule has 0 bridgehead atoms. The lowest BCUT2D eigenvalue weighted by molar-refractivity contribution is -0.188. The first kappa shape index (κ1) is 17.2. The summed E-state index contributed by atoms with van der Waals surface area (Å²) in [5.41, 5.74) is 2.69. The standard InChI is InChI=1S/C21H24N2O3/c1-16-4-2-3-5-19(16)20(24)23-14-21(15-23)12-18(8-11-26-21)25-13-17-6-9-22-10-7-17/h2-7,9-10,18H,8,11-15H2,1H3. The maximum Gasteiger partial charge on any atom is 0.254 e. The van der Waals surface area contributed by atoms with Gasteiger partial charge in [-0.2, -0.15) is 0 Å². The molecule has 1 aromatic heterocycles. The maximum atomic E-state index is 12.7. The molecule has 5 nitrogen and oxygen atoms in total. The van der Waals surface area contributed by atoms with Crippen molar-refractivity contribution in [3.8, 4) is 0 Å². The number of nitrogens with zero attached hydrogens (tertiary/aromatic N) is 2. The second-order valence-electron chi connectivity index (χ2n) is 7.29. The predicted octanol–water partition coefficient (Wildman–Crippen LogP) is 2.98. The third-order valence-corrected chi connectivity index (χ3v) is 5.30. The summed E-state index contributed by atoms with van der Waals surface area (Å²) in [5, 5.41) is 0. The zero-order valence-electron chi connectivity index (χ0n) is 15.1. The number of likely N-dealkylation sites (tertiary alicyclic amines) is 1. The number of rotatable bonds is 4. The molecule has 1 unspecified atom stereocenters. The number of ether oxygens (including phenoxy) is 2. The number of pyridine rings is 1. The second-order valence-corrected chi connectivity index (χ2v) is 7.29. The Labute approximate surface area is 153 Å². The Hall–Kier alpha value is -2.24. The van der Waals surface area contributed by atoms with Gasteiger partial charge in [-0.05, 0) is 42.7 Å². The van der Waals surface area contributed by atoms with Gasteiger partial charge in [0.25, 0.3) is 5.91 Å². The molecule has 1 spiro atoms. The normalized spacial score (nSPS) is 21.4. The smallest absolute Gasteiger partial charge is 0.254 e. The first-order valence-electron chi connectivity index (χ1n) is 9.15. The quantitative estimate of drug-likeness (QED) is 0.849. The summed E-state index contributed by atoms with van der Waals surface area (Å²) < 4.78 is 12.1. The molecule has 3 heterocycles. The minimum atomic E-state index is -0.237. The van der Waals surface area contributed by atoms with Crippen LogP contribution in [0.3, 0.4) is 0 Å².